The second-order valence-electron chi connectivity index (χ2n) is 5.48. The van der Waals surface area contributed by atoms with Crippen LogP contribution in [0.2, 0.25) is 5.02 Å². The Bertz CT molecular complexity index is 893. The SMILES string of the molecule is O=C(COc1ccc(C=Nc2ccccc2)cc1)Nc1ccccc1Cl. The molecule has 0 aromatic heterocycles. The van der Waals surface area contributed by atoms with Crippen LogP contribution in [-0.2, 0) is 4.79 Å². The highest BCUT2D eigenvalue weighted by atomic mass is 35.5. The molecular formula is C21H17ClN2O2. The van der Waals surface area contributed by atoms with Gasteiger partial charge < -0.3 is 10.1 Å². The van der Waals surface area contributed by atoms with Gasteiger partial charge in [-0.25, -0.2) is 0 Å². The molecule has 4 nitrogen and oxygen atoms in total. The molecule has 0 heterocycles. The number of carbonyl (C=O) groups is 1. The number of hydrogen-bond acceptors (Lipinski definition) is 3. The minimum atomic E-state index is -0.271. The molecule has 130 valence electrons. The highest BCUT2D eigenvalue weighted by Gasteiger charge is 2.06. The molecule has 0 bridgehead atoms. The van der Waals surface area contributed by atoms with E-state index in [2.05, 4.69) is 10.3 Å². The van der Waals surface area contributed by atoms with E-state index in [1.54, 1.807) is 42.6 Å². The molecule has 0 saturated carbocycles. The summed E-state index contributed by atoms with van der Waals surface area (Å²) in [6.07, 6.45) is 1.78. The van der Waals surface area contributed by atoms with Crippen molar-refractivity contribution in [2.45, 2.75) is 0 Å². The Hall–Kier alpha value is -3.11. The molecule has 0 saturated heterocycles. The number of rotatable bonds is 6. The Kier molecular flexibility index (Phi) is 6.01. The number of carbonyl (C=O) groups excluding carboxylic acids is 1. The maximum absolute atomic E-state index is 11.9. The average Bonchev–Trinajstić information content (AvgIpc) is 2.68. The molecular weight excluding hydrogens is 348 g/mol. The molecule has 3 rings (SSSR count). The van der Waals surface area contributed by atoms with Crippen LogP contribution in [0.3, 0.4) is 0 Å². The van der Waals surface area contributed by atoms with Gasteiger partial charge in [0, 0.05) is 6.21 Å². The lowest BCUT2D eigenvalue weighted by Gasteiger charge is -2.08. The number of halogens is 1. The maximum Gasteiger partial charge on any atom is 0.262 e. The molecule has 0 aliphatic carbocycles. The number of anilines is 1. The van der Waals surface area contributed by atoms with Crippen LogP contribution in [0.15, 0.2) is 83.9 Å². The zero-order valence-corrected chi connectivity index (χ0v) is 14.7. The second-order valence-corrected chi connectivity index (χ2v) is 5.89. The summed E-state index contributed by atoms with van der Waals surface area (Å²) in [7, 11) is 0. The van der Waals surface area contributed by atoms with Crippen molar-refractivity contribution in [1.82, 2.24) is 0 Å². The summed E-state index contributed by atoms with van der Waals surface area (Å²) in [5.41, 5.74) is 2.40. The van der Waals surface area contributed by atoms with Crippen molar-refractivity contribution in [3.8, 4) is 5.75 Å². The lowest BCUT2D eigenvalue weighted by Crippen LogP contribution is -2.20. The van der Waals surface area contributed by atoms with Gasteiger partial charge in [0.2, 0.25) is 0 Å². The number of nitrogens with one attached hydrogen (secondary N) is 1. The fourth-order valence-electron chi connectivity index (χ4n) is 2.21. The van der Waals surface area contributed by atoms with E-state index in [1.807, 2.05) is 42.5 Å². The van der Waals surface area contributed by atoms with Crippen molar-refractivity contribution < 1.29 is 9.53 Å². The number of hydrogen-bond donors (Lipinski definition) is 1. The summed E-state index contributed by atoms with van der Waals surface area (Å²) >= 11 is 6.01. The smallest absolute Gasteiger partial charge is 0.262 e. The minimum Gasteiger partial charge on any atom is -0.484 e. The third kappa shape index (κ3) is 5.19. The van der Waals surface area contributed by atoms with Gasteiger partial charge in [0.1, 0.15) is 5.75 Å². The van der Waals surface area contributed by atoms with Crippen LogP contribution in [0.5, 0.6) is 5.75 Å². The first-order chi connectivity index (χ1) is 12.7. The van der Waals surface area contributed by atoms with Crippen LogP contribution in [-0.4, -0.2) is 18.7 Å². The van der Waals surface area contributed by atoms with E-state index >= 15 is 0 Å². The van der Waals surface area contributed by atoms with Gasteiger partial charge in [0.15, 0.2) is 6.61 Å². The summed E-state index contributed by atoms with van der Waals surface area (Å²) < 4.78 is 5.50. The molecule has 0 unspecified atom stereocenters. The van der Waals surface area contributed by atoms with Crippen molar-refractivity contribution in [1.29, 1.82) is 0 Å². The molecule has 3 aromatic rings. The number of benzene rings is 3. The Morgan fingerprint density at radius 1 is 0.962 bits per heavy atom. The van der Waals surface area contributed by atoms with Crippen molar-refractivity contribution >= 4 is 35.1 Å². The Balaban J connectivity index is 1.52. The van der Waals surface area contributed by atoms with Gasteiger partial charge in [0.25, 0.3) is 5.91 Å². The third-order valence-electron chi connectivity index (χ3n) is 3.52. The normalized spacial score (nSPS) is 10.7. The van der Waals surface area contributed by atoms with Crippen LogP contribution in [0.1, 0.15) is 5.56 Å². The van der Waals surface area contributed by atoms with Gasteiger partial charge in [-0.15, -0.1) is 0 Å². The zero-order valence-electron chi connectivity index (χ0n) is 13.9. The van der Waals surface area contributed by atoms with Crippen LogP contribution in [0.4, 0.5) is 11.4 Å². The highest BCUT2D eigenvalue weighted by Crippen LogP contribution is 2.20. The molecule has 5 heteroatoms. The first kappa shape index (κ1) is 17.7. The van der Waals surface area contributed by atoms with E-state index in [0.29, 0.717) is 16.5 Å². The standard InChI is InChI=1S/C21H17ClN2O2/c22-19-8-4-5-9-20(19)24-21(25)15-26-18-12-10-16(11-13-18)14-23-17-6-2-1-3-7-17/h1-14H,15H2,(H,24,25). The van der Waals surface area contributed by atoms with Crippen molar-refractivity contribution in [2.75, 3.05) is 11.9 Å². The van der Waals surface area contributed by atoms with Gasteiger partial charge >= 0.3 is 0 Å². The number of amides is 1. The van der Waals surface area contributed by atoms with Crippen LogP contribution >= 0.6 is 11.6 Å². The molecule has 0 radical (unpaired) electrons. The molecule has 1 N–H and O–H groups in total. The fourth-order valence-corrected chi connectivity index (χ4v) is 2.39. The molecule has 0 atom stereocenters. The van der Waals surface area contributed by atoms with E-state index in [0.717, 1.165) is 11.3 Å². The molecule has 0 aliphatic heterocycles. The van der Waals surface area contributed by atoms with Crippen molar-refractivity contribution in [2.24, 2.45) is 4.99 Å². The lowest BCUT2D eigenvalue weighted by molar-refractivity contribution is -0.118. The first-order valence-electron chi connectivity index (χ1n) is 8.07. The number of ether oxygens (including phenoxy) is 1. The van der Waals surface area contributed by atoms with Gasteiger partial charge in [-0.2, -0.15) is 0 Å². The third-order valence-corrected chi connectivity index (χ3v) is 3.85. The van der Waals surface area contributed by atoms with Gasteiger partial charge in [0.05, 0.1) is 16.4 Å². The van der Waals surface area contributed by atoms with Crippen molar-refractivity contribution in [3.05, 3.63) is 89.4 Å². The fraction of sp³-hybridized carbons (Fsp3) is 0.0476. The quantitative estimate of drug-likeness (QED) is 0.618. The lowest BCUT2D eigenvalue weighted by atomic mass is 10.2. The molecule has 1 amide bonds. The highest BCUT2D eigenvalue weighted by molar-refractivity contribution is 6.33. The van der Waals surface area contributed by atoms with E-state index < -0.39 is 0 Å². The van der Waals surface area contributed by atoms with Crippen molar-refractivity contribution in [3.63, 3.8) is 0 Å². The van der Waals surface area contributed by atoms with Gasteiger partial charge in [-0.1, -0.05) is 41.9 Å². The summed E-state index contributed by atoms with van der Waals surface area (Å²) in [5.74, 6) is 0.337. The Morgan fingerprint density at radius 2 is 1.65 bits per heavy atom. The topological polar surface area (TPSA) is 50.7 Å². The predicted molar refractivity (Wildman–Crippen MR) is 106 cm³/mol. The van der Waals surface area contributed by atoms with E-state index in [1.165, 1.54) is 0 Å². The summed E-state index contributed by atoms with van der Waals surface area (Å²) in [6.45, 7) is -0.0946. The summed E-state index contributed by atoms with van der Waals surface area (Å²) in [6, 6.07) is 24.1. The average molecular weight is 365 g/mol. The number of aliphatic imine (C=N–C) groups is 1. The summed E-state index contributed by atoms with van der Waals surface area (Å²) in [4.78, 5) is 16.3. The van der Waals surface area contributed by atoms with Crippen LogP contribution in [0, 0.1) is 0 Å². The minimum absolute atomic E-state index is 0.0946. The molecule has 3 aromatic carbocycles. The van der Waals surface area contributed by atoms with E-state index in [4.69, 9.17) is 16.3 Å². The number of para-hydroxylation sites is 2. The maximum atomic E-state index is 11.9. The van der Waals surface area contributed by atoms with Gasteiger partial charge in [-0.05, 0) is 54.1 Å². The zero-order chi connectivity index (χ0) is 18.2. The number of nitrogens with zero attached hydrogens (tertiary/aromatic N) is 1. The first-order valence-corrected chi connectivity index (χ1v) is 8.45. The molecule has 0 fully saturated rings. The van der Waals surface area contributed by atoms with Gasteiger partial charge in [-0.3, -0.25) is 9.79 Å². The van der Waals surface area contributed by atoms with Crippen LogP contribution in [0.25, 0.3) is 0 Å². The largest absolute Gasteiger partial charge is 0.484 e. The Labute approximate surface area is 157 Å². The predicted octanol–water partition coefficient (Wildman–Crippen LogP) is 5.11. The molecule has 0 spiro atoms. The summed E-state index contributed by atoms with van der Waals surface area (Å²) in [5, 5.41) is 3.20. The second kappa shape index (κ2) is 8.83. The molecule has 0 aliphatic rings. The van der Waals surface area contributed by atoms with E-state index in [9.17, 15) is 4.79 Å². The van der Waals surface area contributed by atoms with E-state index in [-0.39, 0.29) is 12.5 Å². The monoisotopic (exact) mass is 364 g/mol. The molecule has 26 heavy (non-hydrogen) atoms. The van der Waals surface area contributed by atoms with Crippen LogP contribution < -0.4 is 10.1 Å². The Morgan fingerprint density at radius 3 is 2.38 bits per heavy atom.